The lowest BCUT2D eigenvalue weighted by Crippen LogP contribution is -2.24. The number of anilines is 1. The molecule has 1 aromatic rings. The van der Waals surface area contributed by atoms with Crippen LogP contribution in [0.15, 0.2) is 0 Å². The van der Waals surface area contributed by atoms with E-state index in [1.807, 2.05) is 0 Å². The third-order valence-electron chi connectivity index (χ3n) is 2.90. The number of esters is 1. The summed E-state index contributed by atoms with van der Waals surface area (Å²) in [6.45, 7) is 0.831. The second kappa shape index (κ2) is 6.62. The zero-order valence-electron chi connectivity index (χ0n) is 11.4. The Kier molecular flexibility index (Phi) is 4.83. The molecule has 1 N–H and O–H groups in total. The summed E-state index contributed by atoms with van der Waals surface area (Å²) >= 11 is 5.68. The first kappa shape index (κ1) is 16.0. The van der Waals surface area contributed by atoms with E-state index in [-0.39, 0.29) is 11.9 Å². The van der Waals surface area contributed by atoms with Gasteiger partial charge in [0.2, 0.25) is 16.8 Å². The Balaban J connectivity index is 2.48. The van der Waals surface area contributed by atoms with Crippen molar-refractivity contribution in [1.82, 2.24) is 9.97 Å². The molecule has 1 aliphatic heterocycles. The number of aromatic nitrogens is 2. The molecule has 0 bridgehead atoms. The molecule has 0 amide bonds. The van der Waals surface area contributed by atoms with Crippen molar-refractivity contribution in [2.75, 3.05) is 25.6 Å². The van der Waals surface area contributed by atoms with E-state index in [9.17, 15) is 19.7 Å². The number of nitrogens with one attached hydrogen (secondary N) is 1. The van der Waals surface area contributed by atoms with Crippen LogP contribution in [0.4, 0.5) is 11.5 Å². The Morgan fingerprint density at radius 1 is 1.50 bits per heavy atom. The van der Waals surface area contributed by atoms with Crippen molar-refractivity contribution in [1.29, 1.82) is 0 Å². The first-order chi connectivity index (χ1) is 10.4. The highest BCUT2D eigenvalue weighted by Crippen LogP contribution is 2.29. The number of hydrogen-bond acceptors (Lipinski definition) is 9. The zero-order chi connectivity index (χ0) is 16.3. The van der Waals surface area contributed by atoms with Gasteiger partial charge in [0, 0.05) is 6.61 Å². The maximum Gasteiger partial charge on any atom is 0.381 e. The van der Waals surface area contributed by atoms with Gasteiger partial charge in [-0.15, -0.1) is 0 Å². The van der Waals surface area contributed by atoms with Gasteiger partial charge in [-0.2, -0.15) is 4.98 Å². The predicted molar refractivity (Wildman–Crippen MR) is 72.9 cm³/mol. The molecule has 1 aliphatic rings. The number of ketones is 1. The topological polar surface area (TPSA) is 134 Å². The molecule has 22 heavy (non-hydrogen) atoms. The van der Waals surface area contributed by atoms with Crippen molar-refractivity contribution in [2.24, 2.45) is 0 Å². The molecular weight excluding hydrogens is 320 g/mol. The molecular formula is C11H11ClN4O6. The van der Waals surface area contributed by atoms with Crippen molar-refractivity contribution in [3.8, 4) is 0 Å². The second-order valence-corrected chi connectivity index (χ2v) is 4.66. The minimum Gasteiger partial charge on any atom is -0.463 e. The summed E-state index contributed by atoms with van der Waals surface area (Å²) in [6, 6.07) is -0.217. The molecule has 0 saturated carbocycles. The number of ether oxygens (including phenoxy) is 2. The number of hydrogen-bond donors (Lipinski definition) is 1. The molecule has 1 fully saturated rings. The van der Waals surface area contributed by atoms with Gasteiger partial charge in [0.15, 0.2) is 0 Å². The average Bonchev–Trinajstić information content (AvgIpc) is 2.97. The van der Waals surface area contributed by atoms with Crippen LogP contribution in [0, 0.1) is 10.1 Å². The van der Waals surface area contributed by atoms with Crippen molar-refractivity contribution in [2.45, 2.75) is 12.5 Å². The van der Waals surface area contributed by atoms with Gasteiger partial charge in [-0.1, -0.05) is 0 Å². The Morgan fingerprint density at radius 2 is 2.23 bits per heavy atom. The predicted octanol–water partition coefficient (Wildman–Crippen LogP) is 0.595. The molecule has 0 spiro atoms. The fourth-order valence-corrected chi connectivity index (χ4v) is 2.06. The minimum absolute atomic E-state index is 0.217. The highest BCUT2D eigenvalue weighted by atomic mass is 35.5. The number of carbonyl (C=O) groups is 2. The van der Waals surface area contributed by atoms with Crippen LogP contribution < -0.4 is 5.32 Å². The average molecular weight is 331 g/mol. The fraction of sp³-hybridized carbons (Fsp3) is 0.455. The number of carbonyl (C=O) groups excluding carboxylic acids is 2. The van der Waals surface area contributed by atoms with E-state index in [0.29, 0.717) is 19.6 Å². The molecule has 1 atom stereocenters. The molecule has 1 aromatic heterocycles. The van der Waals surface area contributed by atoms with Crippen LogP contribution >= 0.6 is 11.6 Å². The number of nitro groups is 1. The van der Waals surface area contributed by atoms with Crippen molar-refractivity contribution >= 4 is 34.9 Å². The summed E-state index contributed by atoms with van der Waals surface area (Å²) in [5.41, 5.74) is -1.45. The van der Waals surface area contributed by atoms with Gasteiger partial charge >= 0.3 is 11.7 Å². The Bertz CT molecular complexity index is 631. The van der Waals surface area contributed by atoms with Gasteiger partial charge in [-0.05, 0) is 18.0 Å². The number of halogens is 1. The van der Waals surface area contributed by atoms with E-state index in [4.69, 9.17) is 16.3 Å². The highest BCUT2D eigenvalue weighted by molar-refractivity contribution is 6.41. The molecule has 1 unspecified atom stereocenters. The molecule has 11 heteroatoms. The first-order valence-electron chi connectivity index (χ1n) is 6.13. The highest BCUT2D eigenvalue weighted by Gasteiger charge is 2.34. The number of Topliss-reactive ketones (excluding diaryl/α,β-unsaturated/α-hetero) is 1. The lowest BCUT2D eigenvalue weighted by atomic mass is 10.2. The maximum absolute atomic E-state index is 11.9. The third kappa shape index (κ3) is 3.28. The van der Waals surface area contributed by atoms with Gasteiger partial charge in [-0.3, -0.25) is 14.9 Å². The fourth-order valence-electron chi connectivity index (χ4n) is 1.89. The normalized spacial score (nSPS) is 17.1. The molecule has 0 aliphatic carbocycles. The third-order valence-corrected chi connectivity index (χ3v) is 3.06. The van der Waals surface area contributed by atoms with Crippen LogP contribution in [-0.2, 0) is 14.3 Å². The molecule has 2 rings (SSSR count). The van der Waals surface area contributed by atoms with E-state index in [2.05, 4.69) is 20.0 Å². The lowest BCUT2D eigenvalue weighted by molar-refractivity contribution is -0.384. The van der Waals surface area contributed by atoms with Crippen LogP contribution in [-0.4, -0.2) is 53.0 Å². The van der Waals surface area contributed by atoms with E-state index in [1.54, 1.807) is 0 Å². The molecule has 1 saturated heterocycles. The summed E-state index contributed by atoms with van der Waals surface area (Å²) in [6.07, 6.45) is 0.610. The van der Waals surface area contributed by atoms with Gasteiger partial charge in [0.05, 0.1) is 24.7 Å². The molecule has 0 radical (unpaired) electrons. The largest absolute Gasteiger partial charge is 0.463 e. The summed E-state index contributed by atoms with van der Waals surface area (Å²) < 4.78 is 9.40. The zero-order valence-corrected chi connectivity index (χ0v) is 12.1. The van der Waals surface area contributed by atoms with Gasteiger partial charge in [0.1, 0.15) is 0 Å². The van der Waals surface area contributed by atoms with Crippen LogP contribution in [0.25, 0.3) is 0 Å². The number of methoxy groups -OCH3 is 1. The van der Waals surface area contributed by atoms with E-state index >= 15 is 0 Å². The Hall–Kier alpha value is -2.33. The van der Waals surface area contributed by atoms with Crippen molar-refractivity contribution in [3.63, 3.8) is 0 Å². The summed E-state index contributed by atoms with van der Waals surface area (Å²) in [7, 11) is 0.976. The quantitative estimate of drug-likeness (QED) is 0.205. The molecule has 10 nitrogen and oxygen atoms in total. The van der Waals surface area contributed by atoms with Gasteiger partial charge < -0.3 is 14.8 Å². The monoisotopic (exact) mass is 330 g/mol. The number of nitrogens with zero attached hydrogens (tertiary/aromatic N) is 3. The van der Waals surface area contributed by atoms with Crippen LogP contribution in [0.5, 0.6) is 0 Å². The van der Waals surface area contributed by atoms with Crippen LogP contribution in [0.3, 0.4) is 0 Å². The Morgan fingerprint density at radius 3 is 2.77 bits per heavy atom. The standard InChI is InChI=1S/C11H11ClN4O6/c1-21-10(18)8(17)6-7(16(19)20)9(15-11(12)14-6)13-5-2-3-22-4-5/h5H,2-4H2,1H3,(H,13,14,15). The second-order valence-electron chi connectivity index (χ2n) is 4.32. The van der Waals surface area contributed by atoms with E-state index in [0.717, 1.165) is 7.11 Å². The Labute approximate surface area is 128 Å². The summed E-state index contributed by atoms with van der Waals surface area (Å²) in [5, 5.41) is 13.6. The lowest BCUT2D eigenvalue weighted by Gasteiger charge is -2.12. The van der Waals surface area contributed by atoms with Crippen LogP contribution in [0.1, 0.15) is 16.9 Å². The SMILES string of the molecule is COC(=O)C(=O)c1nc(Cl)nc(NC2CCOC2)c1[N+](=O)[O-]. The summed E-state index contributed by atoms with van der Waals surface area (Å²) in [5.74, 6) is -2.80. The molecule has 2 heterocycles. The first-order valence-corrected chi connectivity index (χ1v) is 6.50. The minimum atomic E-state index is -1.28. The van der Waals surface area contributed by atoms with Crippen molar-refractivity contribution < 1.29 is 24.0 Å². The molecule has 118 valence electrons. The maximum atomic E-state index is 11.9. The molecule has 0 aromatic carbocycles. The number of rotatable bonds is 5. The van der Waals surface area contributed by atoms with Gasteiger partial charge in [0.25, 0.3) is 5.78 Å². The van der Waals surface area contributed by atoms with Crippen molar-refractivity contribution in [3.05, 3.63) is 21.1 Å². The van der Waals surface area contributed by atoms with Crippen LogP contribution in [0.2, 0.25) is 5.28 Å². The van der Waals surface area contributed by atoms with E-state index < -0.39 is 33.3 Å². The summed E-state index contributed by atoms with van der Waals surface area (Å²) in [4.78, 5) is 40.8. The van der Waals surface area contributed by atoms with E-state index in [1.165, 1.54) is 0 Å². The van der Waals surface area contributed by atoms with Gasteiger partial charge in [-0.25, -0.2) is 9.78 Å². The smallest absolute Gasteiger partial charge is 0.381 e.